The summed E-state index contributed by atoms with van der Waals surface area (Å²) < 4.78 is 16.9. The molecule has 0 radical (unpaired) electrons. The van der Waals surface area contributed by atoms with Crippen LogP contribution >= 0.6 is 11.3 Å². The smallest absolute Gasteiger partial charge is 0.301 e. The molecule has 1 saturated heterocycles. The highest BCUT2D eigenvalue weighted by Crippen LogP contribution is 2.44. The maximum Gasteiger partial charge on any atom is 0.301 e. The van der Waals surface area contributed by atoms with Crippen molar-refractivity contribution in [2.75, 3.05) is 24.7 Å². The molecule has 1 fully saturated rings. The summed E-state index contributed by atoms with van der Waals surface area (Å²) in [6.45, 7) is 3.37. The number of benzene rings is 2. The third kappa shape index (κ3) is 3.88. The molecule has 8 nitrogen and oxygen atoms in total. The number of hydrogen-bond donors (Lipinski definition) is 1. The summed E-state index contributed by atoms with van der Waals surface area (Å²) in [6, 6.07) is 11.2. The van der Waals surface area contributed by atoms with E-state index in [1.807, 2.05) is 13.0 Å². The fourth-order valence-electron chi connectivity index (χ4n) is 4.02. The van der Waals surface area contributed by atoms with E-state index in [1.165, 1.54) is 16.2 Å². The van der Waals surface area contributed by atoms with Gasteiger partial charge in [-0.15, -0.1) is 11.3 Å². The van der Waals surface area contributed by atoms with Gasteiger partial charge in [0.15, 0.2) is 16.6 Å². The van der Waals surface area contributed by atoms with Crippen molar-refractivity contribution in [3.8, 4) is 17.2 Å². The van der Waals surface area contributed by atoms with E-state index in [-0.39, 0.29) is 11.3 Å². The van der Waals surface area contributed by atoms with Crippen LogP contribution in [0, 0.1) is 0 Å². The van der Waals surface area contributed by atoms with Gasteiger partial charge in [0.2, 0.25) is 0 Å². The van der Waals surface area contributed by atoms with E-state index in [2.05, 4.69) is 4.98 Å². The number of hydrogen-bond acceptors (Lipinski definition) is 8. The van der Waals surface area contributed by atoms with E-state index in [4.69, 9.17) is 14.2 Å². The minimum Gasteiger partial charge on any atom is -0.507 e. The largest absolute Gasteiger partial charge is 0.507 e. The molecule has 1 atom stereocenters. The predicted octanol–water partition coefficient (Wildman–Crippen LogP) is 4.33. The number of carbonyl (C=O) groups is 2. The highest BCUT2D eigenvalue weighted by molar-refractivity contribution is 7.14. The van der Waals surface area contributed by atoms with Crippen molar-refractivity contribution >= 4 is 33.9 Å². The number of nitrogens with zero attached hydrogens (tertiary/aromatic N) is 2. The summed E-state index contributed by atoms with van der Waals surface area (Å²) in [4.78, 5) is 32.0. The fraction of sp³-hybridized carbons (Fsp3) is 0.240. The van der Waals surface area contributed by atoms with Gasteiger partial charge in [-0.2, -0.15) is 0 Å². The van der Waals surface area contributed by atoms with Gasteiger partial charge in [-0.05, 0) is 42.3 Å². The Morgan fingerprint density at radius 1 is 1.18 bits per heavy atom. The van der Waals surface area contributed by atoms with Crippen LogP contribution in [0.25, 0.3) is 5.76 Å². The third-order valence-electron chi connectivity index (χ3n) is 5.53. The molecule has 0 spiro atoms. The van der Waals surface area contributed by atoms with Crippen molar-refractivity contribution < 1.29 is 28.9 Å². The normalized spacial score (nSPS) is 18.9. The summed E-state index contributed by atoms with van der Waals surface area (Å²) in [5.74, 6) is -0.187. The van der Waals surface area contributed by atoms with E-state index in [0.717, 1.165) is 6.42 Å². The quantitative estimate of drug-likeness (QED) is 0.320. The lowest BCUT2D eigenvalue weighted by Crippen LogP contribution is -2.29. The van der Waals surface area contributed by atoms with Crippen LogP contribution in [-0.4, -0.2) is 41.6 Å². The van der Waals surface area contributed by atoms with Gasteiger partial charge in [0.1, 0.15) is 24.7 Å². The standard InChI is InChI=1S/C25H22N2O6S/c1-2-9-31-17-5-3-4-15(13-17)21-20(23(29)24(30)27(21)25-26-8-12-34-25)22(28)16-6-7-18-19(14-16)33-11-10-32-18/h3-8,12-14,21,28H,2,9-11H2,1H3/t21-/m1/s1. The van der Waals surface area contributed by atoms with Crippen LogP contribution < -0.4 is 19.1 Å². The minimum atomic E-state index is -0.871. The van der Waals surface area contributed by atoms with Crippen molar-refractivity contribution in [3.63, 3.8) is 0 Å². The van der Waals surface area contributed by atoms with Gasteiger partial charge in [-0.25, -0.2) is 4.98 Å². The van der Waals surface area contributed by atoms with Crippen LogP contribution in [-0.2, 0) is 9.59 Å². The molecular weight excluding hydrogens is 456 g/mol. The van der Waals surface area contributed by atoms with Crippen LogP contribution in [0.5, 0.6) is 17.2 Å². The topological polar surface area (TPSA) is 98.2 Å². The van der Waals surface area contributed by atoms with Gasteiger partial charge in [0.25, 0.3) is 5.78 Å². The number of Topliss-reactive ketones (excluding diaryl/α,β-unsaturated/α-hetero) is 1. The Hall–Kier alpha value is -3.85. The lowest BCUT2D eigenvalue weighted by Gasteiger charge is -2.23. The maximum atomic E-state index is 13.2. The molecule has 174 valence electrons. The first-order valence-electron chi connectivity index (χ1n) is 10.9. The molecule has 1 aromatic heterocycles. The third-order valence-corrected chi connectivity index (χ3v) is 6.30. The molecule has 3 aromatic rings. The lowest BCUT2D eigenvalue weighted by molar-refractivity contribution is -0.132. The van der Waals surface area contributed by atoms with E-state index in [0.29, 0.717) is 53.3 Å². The number of ketones is 1. The minimum absolute atomic E-state index is 0.0236. The van der Waals surface area contributed by atoms with Gasteiger partial charge < -0.3 is 19.3 Å². The Morgan fingerprint density at radius 3 is 2.76 bits per heavy atom. The summed E-state index contributed by atoms with van der Waals surface area (Å²) in [6.07, 6.45) is 2.41. The maximum absolute atomic E-state index is 13.2. The van der Waals surface area contributed by atoms with Crippen LogP contribution in [0.4, 0.5) is 5.13 Å². The first-order valence-corrected chi connectivity index (χ1v) is 11.8. The predicted molar refractivity (Wildman–Crippen MR) is 127 cm³/mol. The van der Waals surface area contributed by atoms with Crippen molar-refractivity contribution in [3.05, 3.63) is 70.7 Å². The Morgan fingerprint density at radius 2 is 2.00 bits per heavy atom. The van der Waals surface area contributed by atoms with Gasteiger partial charge in [-0.3, -0.25) is 14.5 Å². The number of aliphatic hydroxyl groups is 1. The van der Waals surface area contributed by atoms with Gasteiger partial charge >= 0.3 is 5.91 Å². The summed E-state index contributed by atoms with van der Waals surface area (Å²) >= 11 is 1.24. The Kier molecular flexibility index (Phi) is 5.93. The molecule has 1 N–H and O–H groups in total. The van der Waals surface area contributed by atoms with Crippen molar-refractivity contribution in [2.45, 2.75) is 19.4 Å². The average Bonchev–Trinajstić information content (AvgIpc) is 3.49. The fourth-order valence-corrected chi connectivity index (χ4v) is 4.69. The highest BCUT2D eigenvalue weighted by atomic mass is 32.1. The lowest BCUT2D eigenvalue weighted by atomic mass is 9.95. The van der Waals surface area contributed by atoms with Gasteiger partial charge in [0, 0.05) is 17.1 Å². The van der Waals surface area contributed by atoms with Crippen molar-refractivity contribution in [1.82, 2.24) is 4.98 Å². The van der Waals surface area contributed by atoms with Crippen molar-refractivity contribution in [1.29, 1.82) is 0 Å². The summed E-state index contributed by atoms with van der Waals surface area (Å²) in [7, 11) is 0. The number of ether oxygens (including phenoxy) is 3. The number of aromatic nitrogens is 1. The zero-order valence-corrected chi connectivity index (χ0v) is 19.2. The number of aliphatic hydroxyl groups excluding tert-OH is 1. The van der Waals surface area contributed by atoms with Crippen LogP contribution in [0.3, 0.4) is 0 Å². The molecule has 3 heterocycles. The Bertz CT molecular complexity index is 1270. The second-order valence-corrected chi connectivity index (χ2v) is 8.64. The van der Waals surface area contributed by atoms with Crippen LogP contribution in [0.15, 0.2) is 59.6 Å². The molecule has 0 saturated carbocycles. The SMILES string of the molecule is CCCOc1cccc([C@@H]2C(=C(O)c3ccc4c(c3)OCCO4)C(=O)C(=O)N2c2nccs2)c1. The van der Waals surface area contributed by atoms with E-state index in [1.54, 1.807) is 48.0 Å². The van der Waals surface area contributed by atoms with E-state index >= 15 is 0 Å². The molecule has 0 unspecified atom stereocenters. The van der Waals surface area contributed by atoms with E-state index in [9.17, 15) is 14.7 Å². The zero-order valence-electron chi connectivity index (χ0n) is 18.4. The molecule has 0 aliphatic carbocycles. The molecule has 5 rings (SSSR count). The highest BCUT2D eigenvalue weighted by Gasteiger charge is 2.48. The molecule has 2 aliphatic heterocycles. The Labute approximate surface area is 200 Å². The summed E-state index contributed by atoms with van der Waals surface area (Å²) in [5, 5.41) is 13.4. The van der Waals surface area contributed by atoms with Crippen molar-refractivity contribution in [2.24, 2.45) is 0 Å². The molecular formula is C25H22N2O6S. The molecule has 2 aromatic carbocycles. The average molecular weight is 479 g/mol. The van der Waals surface area contributed by atoms with E-state index < -0.39 is 17.7 Å². The molecule has 1 amide bonds. The monoisotopic (exact) mass is 478 g/mol. The first-order chi connectivity index (χ1) is 16.6. The number of fused-ring (bicyclic) bond motifs is 1. The second kappa shape index (κ2) is 9.18. The second-order valence-electron chi connectivity index (χ2n) is 7.76. The number of amides is 1. The van der Waals surface area contributed by atoms with Gasteiger partial charge in [-0.1, -0.05) is 19.1 Å². The van der Waals surface area contributed by atoms with Gasteiger partial charge in [0.05, 0.1) is 18.2 Å². The number of thiazole rings is 1. The molecule has 9 heteroatoms. The first kappa shape index (κ1) is 22.0. The number of carbonyl (C=O) groups excluding carboxylic acids is 2. The van der Waals surface area contributed by atoms with Crippen LogP contribution in [0.2, 0.25) is 0 Å². The zero-order chi connectivity index (χ0) is 23.7. The molecule has 0 bridgehead atoms. The number of anilines is 1. The Balaban J connectivity index is 1.65. The number of rotatable bonds is 6. The van der Waals surface area contributed by atoms with Crippen LogP contribution in [0.1, 0.15) is 30.5 Å². The summed E-state index contributed by atoms with van der Waals surface area (Å²) in [5.41, 5.74) is 0.955. The molecule has 34 heavy (non-hydrogen) atoms. The molecule has 2 aliphatic rings.